The number of oxazole rings is 1. The van der Waals surface area contributed by atoms with Crippen LogP contribution in [0, 0.1) is 23.7 Å². The summed E-state index contributed by atoms with van der Waals surface area (Å²) in [5, 5.41) is 2.90. The molecule has 7 heteroatoms. The molecule has 4 aromatic rings. The van der Waals surface area contributed by atoms with Crippen LogP contribution in [0.4, 0.5) is 11.4 Å². The van der Waals surface area contributed by atoms with Crippen LogP contribution >= 0.6 is 0 Å². The van der Waals surface area contributed by atoms with Gasteiger partial charge in [-0.25, -0.2) is 4.98 Å². The van der Waals surface area contributed by atoms with Gasteiger partial charge < -0.3 is 9.73 Å². The molecule has 1 saturated carbocycles. The molecule has 2 fully saturated rings. The standard InChI is InChI=1S/C29H21N3O4/c33-26(30-20-5-3-4-19(15-20)27-31-22-6-1-2-7-23(22)36-27)16-10-12-21(13-11-16)32-28(34)24-17-8-9-18(14-17)25(24)29(32)35/h1-13,15,17-18,24-25H,14H2,(H,30,33)/t17-,18-,24-,25-/m0/s1. The Balaban J connectivity index is 1.09. The first-order chi connectivity index (χ1) is 17.6. The molecule has 36 heavy (non-hydrogen) atoms. The maximum atomic E-state index is 13.0. The minimum Gasteiger partial charge on any atom is -0.436 e. The van der Waals surface area contributed by atoms with E-state index in [0.29, 0.717) is 28.4 Å². The highest BCUT2D eigenvalue weighted by Crippen LogP contribution is 2.53. The Morgan fingerprint density at radius 3 is 2.33 bits per heavy atom. The molecule has 7 nitrogen and oxygen atoms in total. The van der Waals surface area contributed by atoms with Crippen LogP contribution in [0.5, 0.6) is 0 Å². The van der Waals surface area contributed by atoms with E-state index in [1.807, 2.05) is 36.4 Å². The Kier molecular flexibility index (Phi) is 4.48. The number of amides is 3. The number of benzene rings is 3. The van der Waals surface area contributed by atoms with Gasteiger partial charge in [-0.1, -0.05) is 30.4 Å². The third kappa shape index (κ3) is 3.12. The van der Waals surface area contributed by atoms with E-state index in [4.69, 9.17) is 4.42 Å². The monoisotopic (exact) mass is 475 g/mol. The van der Waals surface area contributed by atoms with E-state index in [0.717, 1.165) is 17.5 Å². The number of hydrogen-bond acceptors (Lipinski definition) is 5. The summed E-state index contributed by atoms with van der Waals surface area (Å²) < 4.78 is 5.83. The number of fused-ring (bicyclic) bond motifs is 6. The first-order valence-electron chi connectivity index (χ1n) is 12.0. The molecule has 3 aromatic carbocycles. The molecule has 3 aliphatic rings. The van der Waals surface area contributed by atoms with Gasteiger partial charge in [-0.2, -0.15) is 0 Å². The zero-order valence-electron chi connectivity index (χ0n) is 19.1. The number of anilines is 2. The van der Waals surface area contributed by atoms with Gasteiger partial charge in [0.25, 0.3) is 5.91 Å². The van der Waals surface area contributed by atoms with Crippen LogP contribution in [0.3, 0.4) is 0 Å². The number of nitrogens with one attached hydrogen (secondary N) is 1. The van der Waals surface area contributed by atoms with E-state index >= 15 is 0 Å². The number of nitrogens with zero attached hydrogens (tertiary/aromatic N) is 2. The maximum absolute atomic E-state index is 13.0. The number of carbonyl (C=O) groups is 3. The van der Waals surface area contributed by atoms with Crippen molar-refractivity contribution in [3.63, 3.8) is 0 Å². The SMILES string of the molecule is O=C(Nc1cccc(-c2nc3ccccc3o2)c1)c1ccc(N2C(=O)[C@@H]3[C@@H](C2=O)[C@H]2C=C[C@H]3C2)cc1. The maximum Gasteiger partial charge on any atom is 0.255 e. The summed E-state index contributed by atoms with van der Waals surface area (Å²) >= 11 is 0. The first kappa shape index (κ1) is 20.8. The fourth-order valence-electron chi connectivity index (χ4n) is 5.85. The first-order valence-corrected chi connectivity index (χ1v) is 12.0. The molecule has 0 unspecified atom stereocenters. The molecule has 3 amide bonds. The number of hydrogen-bond donors (Lipinski definition) is 1. The van der Waals surface area contributed by atoms with Crippen molar-refractivity contribution < 1.29 is 18.8 Å². The molecule has 1 saturated heterocycles. The molecule has 1 aliphatic heterocycles. The van der Waals surface area contributed by atoms with Crippen molar-refractivity contribution in [1.82, 2.24) is 4.98 Å². The van der Waals surface area contributed by atoms with E-state index in [9.17, 15) is 14.4 Å². The Morgan fingerprint density at radius 1 is 0.889 bits per heavy atom. The number of aromatic nitrogens is 1. The highest BCUT2D eigenvalue weighted by Gasteiger charge is 2.59. The number of para-hydroxylation sites is 2. The normalized spacial score (nSPS) is 24.1. The summed E-state index contributed by atoms with van der Waals surface area (Å²) in [5.41, 5.74) is 3.75. The molecule has 4 atom stereocenters. The summed E-state index contributed by atoms with van der Waals surface area (Å²) in [6.07, 6.45) is 5.05. The second kappa shape index (κ2) is 7.75. The molecule has 2 bridgehead atoms. The van der Waals surface area contributed by atoms with Crippen LogP contribution < -0.4 is 10.2 Å². The van der Waals surface area contributed by atoms with Crippen molar-refractivity contribution in [2.24, 2.45) is 23.7 Å². The molecule has 0 radical (unpaired) electrons. The largest absolute Gasteiger partial charge is 0.436 e. The van der Waals surface area contributed by atoms with Crippen LogP contribution in [0.2, 0.25) is 0 Å². The van der Waals surface area contributed by atoms with Gasteiger partial charge in [-0.05, 0) is 72.9 Å². The van der Waals surface area contributed by atoms with Crippen LogP contribution in [0.25, 0.3) is 22.6 Å². The van der Waals surface area contributed by atoms with E-state index in [1.165, 1.54) is 4.90 Å². The fraction of sp³-hybridized carbons (Fsp3) is 0.172. The zero-order valence-corrected chi connectivity index (χ0v) is 19.1. The van der Waals surface area contributed by atoms with Crippen molar-refractivity contribution >= 4 is 40.2 Å². The topological polar surface area (TPSA) is 92.5 Å². The van der Waals surface area contributed by atoms with Crippen LogP contribution in [0.1, 0.15) is 16.8 Å². The highest BCUT2D eigenvalue weighted by molar-refractivity contribution is 6.23. The number of allylic oxidation sites excluding steroid dienone is 2. The molecular weight excluding hydrogens is 454 g/mol. The van der Waals surface area contributed by atoms with Crippen molar-refractivity contribution in [3.05, 3.63) is 90.5 Å². The molecule has 1 aromatic heterocycles. The Labute approximate surface area is 206 Å². The third-order valence-corrected chi connectivity index (χ3v) is 7.52. The van der Waals surface area contributed by atoms with Crippen molar-refractivity contribution in [3.8, 4) is 11.5 Å². The van der Waals surface area contributed by atoms with Crippen molar-refractivity contribution in [2.75, 3.05) is 10.2 Å². The lowest BCUT2D eigenvalue weighted by atomic mass is 9.85. The van der Waals surface area contributed by atoms with Gasteiger partial charge >= 0.3 is 0 Å². The lowest BCUT2D eigenvalue weighted by Crippen LogP contribution is -2.32. The number of imide groups is 1. The predicted octanol–water partition coefficient (Wildman–Crippen LogP) is 5.06. The third-order valence-electron chi connectivity index (χ3n) is 7.52. The molecule has 7 rings (SSSR count). The molecule has 2 aliphatic carbocycles. The van der Waals surface area contributed by atoms with Crippen molar-refractivity contribution in [1.29, 1.82) is 0 Å². The average Bonchev–Trinajstić information content (AvgIpc) is 3.67. The van der Waals surface area contributed by atoms with Gasteiger partial charge in [0.05, 0.1) is 17.5 Å². The molecule has 1 N–H and O–H groups in total. The Bertz CT molecular complexity index is 1520. The molecule has 2 heterocycles. The van der Waals surface area contributed by atoms with Gasteiger partial charge in [-0.3, -0.25) is 19.3 Å². The second-order valence-corrected chi connectivity index (χ2v) is 9.58. The molecular formula is C29H21N3O4. The van der Waals surface area contributed by atoms with Gasteiger partial charge in [-0.15, -0.1) is 0 Å². The smallest absolute Gasteiger partial charge is 0.255 e. The van der Waals surface area contributed by atoms with Gasteiger partial charge in [0.2, 0.25) is 17.7 Å². The van der Waals surface area contributed by atoms with E-state index < -0.39 is 0 Å². The lowest BCUT2D eigenvalue weighted by Gasteiger charge is -2.17. The summed E-state index contributed by atoms with van der Waals surface area (Å²) in [6, 6.07) is 21.4. The fourth-order valence-corrected chi connectivity index (χ4v) is 5.85. The van der Waals surface area contributed by atoms with Crippen LogP contribution in [-0.2, 0) is 9.59 Å². The summed E-state index contributed by atoms with van der Waals surface area (Å²) in [4.78, 5) is 44.8. The summed E-state index contributed by atoms with van der Waals surface area (Å²) in [7, 11) is 0. The van der Waals surface area contributed by atoms with E-state index in [-0.39, 0.29) is 41.4 Å². The van der Waals surface area contributed by atoms with Gasteiger partial charge in [0.1, 0.15) is 5.52 Å². The van der Waals surface area contributed by atoms with Gasteiger partial charge in [0.15, 0.2) is 5.58 Å². The van der Waals surface area contributed by atoms with Gasteiger partial charge in [0, 0.05) is 16.8 Å². The lowest BCUT2D eigenvalue weighted by molar-refractivity contribution is -0.123. The van der Waals surface area contributed by atoms with E-state index in [1.54, 1.807) is 36.4 Å². The summed E-state index contributed by atoms with van der Waals surface area (Å²) in [5.74, 6) is -0.244. The Hall–Kier alpha value is -4.52. The minimum absolute atomic E-state index is 0.130. The zero-order chi connectivity index (χ0) is 24.4. The number of rotatable bonds is 4. The summed E-state index contributed by atoms with van der Waals surface area (Å²) in [6.45, 7) is 0. The average molecular weight is 476 g/mol. The molecule has 176 valence electrons. The number of carbonyl (C=O) groups excluding carboxylic acids is 3. The van der Waals surface area contributed by atoms with Crippen molar-refractivity contribution in [2.45, 2.75) is 6.42 Å². The van der Waals surface area contributed by atoms with E-state index in [2.05, 4.69) is 22.5 Å². The Morgan fingerprint density at radius 2 is 1.61 bits per heavy atom. The quantitative estimate of drug-likeness (QED) is 0.329. The minimum atomic E-state index is -0.297. The second-order valence-electron chi connectivity index (χ2n) is 9.58. The molecule has 0 spiro atoms. The van der Waals surface area contributed by atoms with Crippen LogP contribution in [0.15, 0.2) is 89.4 Å². The predicted molar refractivity (Wildman–Crippen MR) is 134 cm³/mol. The highest BCUT2D eigenvalue weighted by atomic mass is 16.3. The van der Waals surface area contributed by atoms with Crippen LogP contribution in [-0.4, -0.2) is 22.7 Å².